The maximum Gasteiger partial charge on any atom is 0.230 e. The van der Waals surface area contributed by atoms with Crippen molar-refractivity contribution in [1.82, 2.24) is 5.32 Å². The second kappa shape index (κ2) is 6.52. The minimum atomic E-state index is 0.213. The molecule has 0 unspecified atom stereocenters. The number of hydrogen-bond donors (Lipinski definition) is 1. The Bertz CT molecular complexity index is 476. The molecule has 0 aliphatic heterocycles. The van der Waals surface area contributed by atoms with Crippen molar-refractivity contribution in [1.29, 1.82) is 0 Å². The summed E-state index contributed by atoms with van der Waals surface area (Å²) in [6, 6.07) is 8.77. The molecule has 108 valence electrons. The molecule has 1 aromatic carbocycles. The average Bonchev–Trinajstić information content (AvgIpc) is 3.03. The first-order chi connectivity index (χ1) is 9.70. The lowest BCUT2D eigenvalue weighted by molar-refractivity contribution is -0.119. The predicted octanol–water partition coefficient (Wildman–Crippen LogP) is 3.99. The molecule has 0 radical (unpaired) electrons. The standard InChI is InChI=1S/C16H20BrNOS/c17-14-5-2-11(3-6-14)9-20-10-16(19)18-15-8-12-1-4-13(15)7-12/h2-3,5-6,12-13,15H,1,4,7-10H2,(H,18,19)/t12-,13+,15+/m0/s1. The minimum Gasteiger partial charge on any atom is -0.352 e. The molecule has 2 nitrogen and oxygen atoms in total. The van der Waals surface area contributed by atoms with Crippen LogP contribution in [0.15, 0.2) is 28.7 Å². The van der Waals surface area contributed by atoms with Crippen molar-refractivity contribution in [2.45, 2.75) is 37.5 Å². The highest BCUT2D eigenvalue weighted by Gasteiger charge is 2.39. The quantitative estimate of drug-likeness (QED) is 0.866. The number of rotatable bonds is 5. The fraction of sp³-hybridized carbons (Fsp3) is 0.562. The maximum absolute atomic E-state index is 12.0. The fourth-order valence-corrected chi connectivity index (χ4v) is 4.58. The van der Waals surface area contributed by atoms with Gasteiger partial charge in [-0.15, -0.1) is 11.8 Å². The van der Waals surface area contributed by atoms with Crippen molar-refractivity contribution < 1.29 is 4.79 Å². The molecule has 0 heterocycles. The first kappa shape index (κ1) is 14.5. The van der Waals surface area contributed by atoms with E-state index in [9.17, 15) is 4.79 Å². The monoisotopic (exact) mass is 353 g/mol. The smallest absolute Gasteiger partial charge is 0.230 e. The van der Waals surface area contributed by atoms with Gasteiger partial charge in [-0.3, -0.25) is 4.79 Å². The van der Waals surface area contributed by atoms with Gasteiger partial charge in [0, 0.05) is 16.3 Å². The lowest BCUT2D eigenvalue weighted by atomic mass is 9.95. The van der Waals surface area contributed by atoms with Crippen LogP contribution in [0.3, 0.4) is 0 Å². The third-order valence-electron chi connectivity index (χ3n) is 4.50. The molecule has 1 aromatic rings. The number of amides is 1. The van der Waals surface area contributed by atoms with Gasteiger partial charge in [-0.2, -0.15) is 0 Å². The van der Waals surface area contributed by atoms with Crippen molar-refractivity contribution in [3.63, 3.8) is 0 Å². The molecule has 2 saturated carbocycles. The predicted molar refractivity (Wildman–Crippen MR) is 87.7 cm³/mol. The van der Waals surface area contributed by atoms with Gasteiger partial charge in [0.1, 0.15) is 0 Å². The van der Waals surface area contributed by atoms with Crippen LogP contribution in [0.2, 0.25) is 0 Å². The highest BCUT2D eigenvalue weighted by molar-refractivity contribution is 9.10. The van der Waals surface area contributed by atoms with Crippen LogP contribution in [0.25, 0.3) is 0 Å². The summed E-state index contributed by atoms with van der Waals surface area (Å²) in [6.07, 6.45) is 5.27. The highest BCUT2D eigenvalue weighted by atomic mass is 79.9. The molecular formula is C16H20BrNOS. The summed E-state index contributed by atoms with van der Waals surface area (Å²) >= 11 is 5.13. The van der Waals surface area contributed by atoms with Crippen LogP contribution in [0.4, 0.5) is 0 Å². The first-order valence-corrected chi connectivity index (χ1v) is 9.27. The van der Waals surface area contributed by atoms with Gasteiger partial charge in [-0.25, -0.2) is 0 Å². The van der Waals surface area contributed by atoms with Crippen LogP contribution in [-0.2, 0) is 10.5 Å². The molecule has 0 aromatic heterocycles. The summed E-state index contributed by atoms with van der Waals surface area (Å²) in [4.78, 5) is 12.0. The Labute approximate surface area is 133 Å². The highest BCUT2D eigenvalue weighted by Crippen LogP contribution is 2.44. The van der Waals surface area contributed by atoms with E-state index in [1.165, 1.54) is 31.2 Å². The largest absolute Gasteiger partial charge is 0.352 e. The van der Waals surface area contributed by atoms with E-state index >= 15 is 0 Å². The summed E-state index contributed by atoms with van der Waals surface area (Å²) in [5.74, 6) is 3.34. The normalized spacial score (nSPS) is 27.8. The second-order valence-corrected chi connectivity index (χ2v) is 7.87. The van der Waals surface area contributed by atoms with Crippen LogP contribution in [-0.4, -0.2) is 17.7 Å². The van der Waals surface area contributed by atoms with E-state index in [1.807, 2.05) is 12.1 Å². The number of thioether (sulfide) groups is 1. The van der Waals surface area contributed by atoms with Gasteiger partial charge in [0.15, 0.2) is 0 Å². The zero-order valence-corrected chi connectivity index (χ0v) is 13.9. The van der Waals surface area contributed by atoms with Crippen LogP contribution in [0, 0.1) is 11.8 Å². The van der Waals surface area contributed by atoms with E-state index in [-0.39, 0.29) is 5.91 Å². The topological polar surface area (TPSA) is 29.1 Å². The van der Waals surface area contributed by atoms with Gasteiger partial charge in [-0.1, -0.05) is 34.5 Å². The number of carbonyl (C=O) groups excluding carboxylic acids is 1. The summed E-state index contributed by atoms with van der Waals surface area (Å²) in [5, 5.41) is 3.24. The Balaban J connectivity index is 1.38. The van der Waals surface area contributed by atoms with Crippen molar-refractivity contribution in [2.24, 2.45) is 11.8 Å². The van der Waals surface area contributed by atoms with E-state index < -0.39 is 0 Å². The number of carbonyl (C=O) groups is 1. The number of nitrogens with one attached hydrogen (secondary N) is 1. The first-order valence-electron chi connectivity index (χ1n) is 7.32. The van der Waals surface area contributed by atoms with E-state index in [0.29, 0.717) is 11.8 Å². The molecule has 4 heteroatoms. The molecule has 2 aliphatic carbocycles. The lowest BCUT2D eigenvalue weighted by Gasteiger charge is -2.22. The maximum atomic E-state index is 12.0. The molecule has 0 spiro atoms. The number of hydrogen-bond acceptors (Lipinski definition) is 2. The Hall–Kier alpha value is -0.480. The second-order valence-electron chi connectivity index (χ2n) is 5.97. The van der Waals surface area contributed by atoms with Crippen LogP contribution in [0.5, 0.6) is 0 Å². The number of benzene rings is 1. The fourth-order valence-electron chi connectivity index (χ4n) is 3.51. The summed E-state index contributed by atoms with van der Waals surface area (Å²) < 4.78 is 1.10. The molecule has 1 amide bonds. The number of fused-ring (bicyclic) bond motifs is 2. The van der Waals surface area contributed by atoms with Crippen LogP contribution >= 0.6 is 27.7 Å². The summed E-state index contributed by atoms with van der Waals surface area (Å²) in [7, 11) is 0. The Morgan fingerprint density at radius 3 is 2.70 bits per heavy atom. The summed E-state index contributed by atoms with van der Waals surface area (Å²) in [5.41, 5.74) is 1.27. The van der Waals surface area contributed by atoms with Gasteiger partial charge in [-0.05, 0) is 48.8 Å². The van der Waals surface area contributed by atoms with E-state index in [1.54, 1.807) is 11.8 Å². The molecule has 0 saturated heterocycles. The Morgan fingerprint density at radius 1 is 1.25 bits per heavy atom. The van der Waals surface area contributed by atoms with E-state index in [2.05, 4.69) is 33.4 Å². The van der Waals surface area contributed by atoms with Crippen molar-refractivity contribution in [2.75, 3.05) is 5.75 Å². The SMILES string of the molecule is O=C(CSCc1ccc(Br)cc1)N[C@@H]1C[C@H]2CC[C@@H]1C2. The zero-order chi connectivity index (χ0) is 13.9. The molecule has 2 fully saturated rings. The third kappa shape index (κ3) is 3.59. The van der Waals surface area contributed by atoms with E-state index in [0.717, 1.165) is 22.1 Å². The van der Waals surface area contributed by atoms with Crippen molar-refractivity contribution in [3.8, 4) is 0 Å². The molecule has 20 heavy (non-hydrogen) atoms. The summed E-state index contributed by atoms with van der Waals surface area (Å²) in [6.45, 7) is 0. The number of halogens is 1. The van der Waals surface area contributed by atoms with Gasteiger partial charge >= 0.3 is 0 Å². The van der Waals surface area contributed by atoms with Gasteiger partial charge in [0.05, 0.1) is 5.75 Å². The van der Waals surface area contributed by atoms with Crippen molar-refractivity contribution >= 4 is 33.6 Å². The van der Waals surface area contributed by atoms with Crippen LogP contribution in [0.1, 0.15) is 31.2 Å². The molecule has 3 rings (SSSR count). The van der Waals surface area contributed by atoms with Gasteiger partial charge < -0.3 is 5.32 Å². The Morgan fingerprint density at radius 2 is 2.05 bits per heavy atom. The molecule has 2 bridgehead atoms. The Kier molecular flexibility index (Phi) is 4.72. The van der Waals surface area contributed by atoms with E-state index in [4.69, 9.17) is 0 Å². The van der Waals surface area contributed by atoms with Crippen LogP contribution < -0.4 is 5.32 Å². The molecule has 2 aliphatic rings. The zero-order valence-electron chi connectivity index (χ0n) is 11.5. The third-order valence-corrected chi connectivity index (χ3v) is 6.03. The molecule has 3 atom stereocenters. The van der Waals surface area contributed by atoms with Crippen molar-refractivity contribution in [3.05, 3.63) is 34.3 Å². The lowest BCUT2D eigenvalue weighted by Crippen LogP contribution is -2.39. The molecule has 1 N–H and O–H groups in total. The molecular weight excluding hydrogens is 334 g/mol. The minimum absolute atomic E-state index is 0.213. The van der Waals surface area contributed by atoms with Gasteiger partial charge in [0.25, 0.3) is 0 Å². The average molecular weight is 354 g/mol. The van der Waals surface area contributed by atoms with Gasteiger partial charge in [0.2, 0.25) is 5.91 Å².